The molecule has 0 atom stereocenters. The number of nitrogens with one attached hydrogen (secondary N) is 2. The molecule has 2 aromatic carbocycles. The number of benzene rings is 2. The van der Waals surface area contributed by atoms with Gasteiger partial charge in [-0.15, -0.1) is 0 Å². The van der Waals surface area contributed by atoms with Crippen LogP contribution in [0.1, 0.15) is 20.7 Å². The number of ether oxygens (including phenoxy) is 2. The summed E-state index contributed by atoms with van der Waals surface area (Å²) in [5.74, 6) is -4.10. The summed E-state index contributed by atoms with van der Waals surface area (Å²) >= 11 is 12.1. The standard InChI is InChI=1S/C15H10ClF3N2O3.C15H15ClN2O3/c1-24-13(22)9-5-4-8(12-10(16)3-2-6-20-12)7-11(9)21-14(23)15(17,18)19;1-21-8-7-17-13-9-10(4-5-11(13)15(19)20)14-12(16)3-2-6-18-14/h2-7H,1H3,(H,21,23);2-6,9,17H,7-8H2,1H3,(H,19,20). The SMILES string of the molecule is COC(=O)c1ccc(-c2ncccc2Cl)cc1NC(=O)C(F)(F)F.COCCNc1cc(-c2ncccc2Cl)ccc1C(=O)O. The number of methoxy groups -OCH3 is 2. The van der Waals surface area contributed by atoms with Crippen LogP contribution in [0.2, 0.25) is 10.0 Å². The van der Waals surface area contributed by atoms with Gasteiger partial charge in [0, 0.05) is 42.9 Å². The molecular weight excluding hydrogens is 640 g/mol. The molecule has 0 fully saturated rings. The topological polar surface area (TPSA) is 140 Å². The van der Waals surface area contributed by atoms with E-state index in [1.165, 1.54) is 30.5 Å². The van der Waals surface area contributed by atoms with Crippen LogP contribution in [-0.4, -0.2) is 66.5 Å². The molecule has 4 rings (SSSR count). The molecular formula is C30H25Cl2F3N4O6. The van der Waals surface area contributed by atoms with Crippen molar-refractivity contribution in [3.8, 4) is 22.5 Å². The number of carboxylic acid groups (broad SMARTS) is 1. The number of hydrogen-bond acceptors (Lipinski definition) is 8. The van der Waals surface area contributed by atoms with E-state index in [2.05, 4.69) is 20.0 Å². The van der Waals surface area contributed by atoms with E-state index in [0.29, 0.717) is 35.1 Å². The Balaban J connectivity index is 0.000000248. The third kappa shape index (κ3) is 9.38. The Morgan fingerprint density at radius 1 is 0.844 bits per heavy atom. The summed E-state index contributed by atoms with van der Waals surface area (Å²) < 4.78 is 46.9. The maximum Gasteiger partial charge on any atom is 0.471 e. The highest BCUT2D eigenvalue weighted by Gasteiger charge is 2.39. The maximum atomic E-state index is 12.5. The Kier molecular flexibility index (Phi) is 12.2. The van der Waals surface area contributed by atoms with Crippen LogP contribution < -0.4 is 10.6 Å². The van der Waals surface area contributed by atoms with Gasteiger partial charge in [-0.1, -0.05) is 35.3 Å². The van der Waals surface area contributed by atoms with Gasteiger partial charge in [0.05, 0.1) is 52.0 Å². The monoisotopic (exact) mass is 664 g/mol. The van der Waals surface area contributed by atoms with E-state index in [1.807, 2.05) is 0 Å². The van der Waals surface area contributed by atoms with Crippen molar-refractivity contribution in [2.75, 3.05) is 38.0 Å². The molecule has 0 radical (unpaired) electrons. The number of pyridine rings is 2. The summed E-state index contributed by atoms with van der Waals surface area (Å²) in [5.41, 5.74) is 2.11. The van der Waals surface area contributed by atoms with Crippen molar-refractivity contribution in [1.29, 1.82) is 0 Å². The van der Waals surface area contributed by atoms with E-state index in [-0.39, 0.29) is 27.5 Å². The van der Waals surface area contributed by atoms with E-state index in [0.717, 1.165) is 12.7 Å². The molecule has 2 aromatic heterocycles. The summed E-state index contributed by atoms with van der Waals surface area (Å²) in [6, 6.07) is 15.4. The number of carboxylic acids is 1. The van der Waals surface area contributed by atoms with Gasteiger partial charge in [0.25, 0.3) is 0 Å². The molecule has 1 amide bonds. The second kappa shape index (κ2) is 15.8. The van der Waals surface area contributed by atoms with E-state index in [9.17, 15) is 32.7 Å². The first-order chi connectivity index (χ1) is 21.4. The molecule has 0 unspecified atom stereocenters. The molecule has 45 heavy (non-hydrogen) atoms. The van der Waals surface area contributed by atoms with Crippen molar-refractivity contribution >= 4 is 52.4 Å². The minimum absolute atomic E-state index is 0.196. The number of anilines is 2. The number of carbonyl (C=O) groups is 3. The first-order valence-electron chi connectivity index (χ1n) is 12.8. The van der Waals surface area contributed by atoms with Crippen LogP contribution in [0.25, 0.3) is 22.5 Å². The maximum absolute atomic E-state index is 12.5. The molecule has 0 bridgehead atoms. The average Bonchev–Trinajstić information content (AvgIpc) is 3.01. The molecule has 0 aliphatic heterocycles. The number of halogens is 5. The second-order valence-electron chi connectivity index (χ2n) is 8.86. The molecule has 15 heteroatoms. The van der Waals surface area contributed by atoms with Gasteiger partial charge in [-0.05, 0) is 48.5 Å². The van der Waals surface area contributed by atoms with Crippen LogP contribution in [0, 0.1) is 0 Å². The molecule has 2 heterocycles. The number of rotatable bonds is 9. The molecule has 0 spiro atoms. The van der Waals surface area contributed by atoms with Gasteiger partial charge < -0.3 is 25.2 Å². The number of aromatic nitrogens is 2. The lowest BCUT2D eigenvalue weighted by atomic mass is 10.1. The molecule has 3 N–H and O–H groups in total. The number of alkyl halides is 3. The number of aromatic carboxylic acids is 1. The molecule has 0 saturated heterocycles. The van der Waals surface area contributed by atoms with E-state index < -0.39 is 24.0 Å². The minimum Gasteiger partial charge on any atom is -0.478 e. The lowest BCUT2D eigenvalue weighted by molar-refractivity contribution is -0.167. The first kappa shape index (κ1) is 34.8. The van der Waals surface area contributed by atoms with Gasteiger partial charge in [0.2, 0.25) is 0 Å². The van der Waals surface area contributed by atoms with Crippen molar-refractivity contribution < 1.29 is 42.1 Å². The van der Waals surface area contributed by atoms with Crippen LogP contribution in [0.4, 0.5) is 24.5 Å². The highest BCUT2D eigenvalue weighted by Crippen LogP contribution is 2.31. The zero-order valence-electron chi connectivity index (χ0n) is 23.6. The Hall–Kier alpha value is -4.72. The highest BCUT2D eigenvalue weighted by molar-refractivity contribution is 6.33. The fourth-order valence-corrected chi connectivity index (χ4v) is 4.25. The smallest absolute Gasteiger partial charge is 0.471 e. The second-order valence-corrected chi connectivity index (χ2v) is 9.67. The Morgan fingerprint density at radius 2 is 1.38 bits per heavy atom. The van der Waals surface area contributed by atoms with Crippen molar-refractivity contribution in [2.24, 2.45) is 0 Å². The lowest BCUT2D eigenvalue weighted by Gasteiger charge is -2.13. The van der Waals surface area contributed by atoms with Gasteiger partial charge in [-0.25, -0.2) is 9.59 Å². The third-order valence-electron chi connectivity index (χ3n) is 5.87. The first-order valence-corrected chi connectivity index (χ1v) is 13.6. The molecule has 4 aromatic rings. The van der Waals surface area contributed by atoms with Crippen molar-refractivity contribution in [3.05, 3.63) is 94.2 Å². The highest BCUT2D eigenvalue weighted by atomic mass is 35.5. The van der Waals surface area contributed by atoms with E-state index in [1.54, 1.807) is 55.0 Å². The van der Waals surface area contributed by atoms with Gasteiger partial charge >= 0.3 is 24.0 Å². The molecule has 0 aliphatic rings. The normalized spacial score (nSPS) is 10.7. The van der Waals surface area contributed by atoms with Crippen LogP contribution in [0.3, 0.4) is 0 Å². The molecule has 236 valence electrons. The van der Waals surface area contributed by atoms with Gasteiger partial charge in [0.1, 0.15) is 0 Å². The summed E-state index contributed by atoms with van der Waals surface area (Å²) in [6.07, 6.45) is -2.01. The largest absolute Gasteiger partial charge is 0.478 e. The number of amides is 1. The fraction of sp³-hybridized carbons (Fsp3) is 0.167. The molecule has 10 nitrogen and oxygen atoms in total. The van der Waals surface area contributed by atoms with Gasteiger partial charge in [0.15, 0.2) is 0 Å². The summed E-state index contributed by atoms with van der Waals surface area (Å²) in [4.78, 5) is 42.4. The van der Waals surface area contributed by atoms with Crippen LogP contribution in [-0.2, 0) is 14.3 Å². The van der Waals surface area contributed by atoms with Crippen LogP contribution in [0.15, 0.2) is 73.1 Å². The van der Waals surface area contributed by atoms with Crippen molar-refractivity contribution in [2.45, 2.75) is 6.18 Å². The Bertz CT molecular complexity index is 1690. The van der Waals surface area contributed by atoms with Gasteiger partial charge in [-0.3, -0.25) is 14.8 Å². The number of esters is 1. The summed E-state index contributed by atoms with van der Waals surface area (Å²) in [5, 5.41) is 14.7. The molecule has 0 saturated carbocycles. The van der Waals surface area contributed by atoms with Crippen molar-refractivity contribution in [1.82, 2.24) is 9.97 Å². The van der Waals surface area contributed by atoms with Crippen LogP contribution in [0.5, 0.6) is 0 Å². The minimum atomic E-state index is -5.11. The predicted molar refractivity (Wildman–Crippen MR) is 163 cm³/mol. The van der Waals surface area contributed by atoms with Crippen LogP contribution >= 0.6 is 23.2 Å². The quantitative estimate of drug-likeness (QED) is 0.129. The fourth-order valence-electron chi connectivity index (χ4n) is 3.78. The Labute approximate surface area is 265 Å². The number of nitrogens with zero attached hydrogens (tertiary/aromatic N) is 2. The van der Waals surface area contributed by atoms with E-state index in [4.69, 9.17) is 27.9 Å². The van der Waals surface area contributed by atoms with E-state index >= 15 is 0 Å². The Morgan fingerprint density at radius 3 is 1.84 bits per heavy atom. The zero-order chi connectivity index (χ0) is 33.1. The number of hydrogen-bond donors (Lipinski definition) is 3. The lowest BCUT2D eigenvalue weighted by Crippen LogP contribution is -2.30. The third-order valence-corrected chi connectivity index (χ3v) is 6.48. The summed E-state index contributed by atoms with van der Waals surface area (Å²) in [7, 11) is 2.66. The zero-order valence-corrected chi connectivity index (χ0v) is 25.1. The number of carbonyl (C=O) groups excluding carboxylic acids is 2. The summed E-state index contributed by atoms with van der Waals surface area (Å²) in [6.45, 7) is 0.990. The van der Waals surface area contributed by atoms with Gasteiger partial charge in [-0.2, -0.15) is 13.2 Å². The predicted octanol–water partition coefficient (Wildman–Crippen LogP) is 6.85. The van der Waals surface area contributed by atoms with Crippen molar-refractivity contribution in [3.63, 3.8) is 0 Å². The molecule has 0 aliphatic carbocycles. The average molecular weight is 665 g/mol.